The van der Waals surface area contributed by atoms with E-state index in [1.165, 1.54) is 75.5 Å². The molecular weight excluding hydrogens is 1620 g/mol. The van der Waals surface area contributed by atoms with Crippen molar-refractivity contribution >= 4 is 104 Å². The van der Waals surface area contributed by atoms with E-state index < -0.39 is 28.1 Å². The maximum Gasteiger partial charge on any atom is 1.00 e. The van der Waals surface area contributed by atoms with Gasteiger partial charge in [0.25, 0.3) is 0 Å². The minimum atomic E-state index is -1.22. The van der Waals surface area contributed by atoms with E-state index in [-0.39, 0.29) is 34.1 Å². The first kappa shape index (κ1) is 99.9. The molecule has 0 saturated carbocycles. The van der Waals surface area contributed by atoms with Crippen LogP contribution in [0.1, 0.15) is 0 Å². The van der Waals surface area contributed by atoms with Gasteiger partial charge in [-0.1, -0.05) is 352 Å². The molecule has 0 radical (unpaired) electrons. The fourth-order valence-corrected chi connectivity index (χ4v) is 20.7. The molecular formula is C108H132B2Cu2N8P2+2. The number of likely N-dealkylation sites (N-methyl/N-ethyl adjacent to an activating group) is 6. The maximum atomic E-state index is 2.54. The molecule has 8 nitrogen and oxygen atoms in total. The van der Waals surface area contributed by atoms with Crippen molar-refractivity contribution < 1.29 is 34.1 Å². The summed E-state index contributed by atoms with van der Waals surface area (Å²) >= 11 is 0. The second kappa shape index (κ2) is 55.8. The average Bonchev–Trinajstić information content (AvgIpc) is 0.742. The summed E-state index contributed by atoms with van der Waals surface area (Å²) in [5, 5.41) is 8.61. The second-order valence-electron chi connectivity index (χ2n) is 32.5. The van der Waals surface area contributed by atoms with Crippen LogP contribution in [0.25, 0.3) is 0 Å². The summed E-state index contributed by atoms with van der Waals surface area (Å²) in [6, 6.07) is 152. The summed E-state index contributed by atoms with van der Waals surface area (Å²) < 4.78 is 0. The van der Waals surface area contributed by atoms with Crippen LogP contribution >= 0.6 is 15.8 Å². The molecule has 122 heavy (non-hydrogen) atoms. The third kappa shape index (κ3) is 31.8. The third-order valence-electron chi connectivity index (χ3n) is 22.0. The van der Waals surface area contributed by atoms with Crippen LogP contribution in [-0.2, 0) is 34.1 Å². The van der Waals surface area contributed by atoms with Gasteiger partial charge in [0, 0.05) is 78.5 Å². The molecule has 0 unspecified atom stereocenters. The molecule has 0 aromatic heterocycles. The van der Waals surface area contributed by atoms with Gasteiger partial charge in [0.05, 0.1) is 15.8 Å². The van der Waals surface area contributed by atoms with Crippen molar-refractivity contribution in [2.45, 2.75) is 0 Å². The van der Waals surface area contributed by atoms with E-state index in [2.05, 4.69) is 548 Å². The first-order chi connectivity index (χ1) is 58.6. The summed E-state index contributed by atoms with van der Waals surface area (Å²) in [6.07, 6.45) is -2.43. The fourth-order valence-electron chi connectivity index (χ4n) is 15.6. The number of hydrogen-bond acceptors (Lipinski definition) is 8. The molecule has 0 bridgehead atoms. The molecule has 0 spiro atoms. The van der Waals surface area contributed by atoms with Gasteiger partial charge in [-0.05, 0) is 157 Å². The van der Waals surface area contributed by atoms with Crippen LogP contribution in [-0.4, -0.2) is 215 Å². The Bertz CT molecular complexity index is 4040. The number of benzene rings is 14. The number of hydrogen-bond donors (Lipinski definition) is 0. The monoisotopic (exact) mass is 1750 g/mol. The van der Waals surface area contributed by atoms with Crippen LogP contribution in [0.15, 0.2) is 425 Å². The minimum Gasteiger partial charge on any atom is -0.308 e. The van der Waals surface area contributed by atoms with Crippen LogP contribution in [0.2, 0.25) is 0 Å². The van der Waals surface area contributed by atoms with Gasteiger partial charge in [-0.2, -0.15) is 43.7 Å². The Balaban J connectivity index is 0.000000203. The molecule has 14 aromatic carbocycles. The van der Waals surface area contributed by atoms with Gasteiger partial charge in [0.2, 0.25) is 0 Å². The first-order valence-corrected chi connectivity index (χ1v) is 45.7. The number of rotatable bonds is 32. The Morgan fingerprint density at radius 1 is 0.148 bits per heavy atom. The molecule has 14 heteroatoms. The van der Waals surface area contributed by atoms with Crippen molar-refractivity contribution in [2.24, 2.45) is 0 Å². The summed E-state index contributed by atoms with van der Waals surface area (Å²) in [4.78, 5) is 18.6. The van der Waals surface area contributed by atoms with Gasteiger partial charge in [0.1, 0.15) is 44.1 Å². The van der Waals surface area contributed by atoms with E-state index in [0.717, 1.165) is 78.5 Å². The zero-order valence-corrected chi connectivity index (χ0v) is 78.1. The predicted molar refractivity (Wildman–Crippen MR) is 537 cm³/mol. The molecule has 14 rings (SSSR count). The topological polar surface area (TPSA) is 25.9 Å². The van der Waals surface area contributed by atoms with E-state index in [0.29, 0.717) is 0 Å². The Morgan fingerprint density at radius 3 is 0.344 bits per heavy atom. The first-order valence-electron chi connectivity index (χ1n) is 42.7. The van der Waals surface area contributed by atoms with Gasteiger partial charge in [-0.15, -0.1) is 0 Å². The van der Waals surface area contributed by atoms with Gasteiger partial charge in [-0.25, -0.2) is 0 Å². The zero-order chi connectivity index (χ0) is 84.8. The van der Waals surface area contributed by atoms with Gasteiger partial charge < -0.3 is 29.4 Å². The average molecular weight is 1750 g/mol. The van der Waals surface area contributed by atoms with Crippen LogP contribution in [0.5, 0.6) is 0 Å². The normalized spacial score (nSPS) is 11.1. The largest absolute Gasteiger partial charge is 1.00 e. The molecule has 0 aliphatic heterocycles. The molecule has 0 heterocycles. The molecule has 640 valence electrons. The van der Waals surface area contributed by atoms with Crippen LogP contribution in [0, 0.1) is 0 Å². The predicted octanol–water partition coefficient (Wildman–Crippen LogP) is 12.4. The SMILES string of the molecule is CN(C)CCN(CCN(C)C)CCN(C)C.CN(C)CCN(CCN(C)C)CCN(C)C.[Cu+].[Cu+].c1ccc([B-](c2ccccc2)(c2ccccc2)c2ccccc2)cc1.c1ccc([B-](c2ccccc2)(c2ccccc2)c2ccccc2)cc1.c1ccc([PH+](c2ccccc2)c2ccccc2)cc1.c1ccc([PH+](c2ccccc2)c2ccccc2)cc1. The standard InChI is InChI=1S/2C24H20B.2C18H15P.2C12H30N4.2Cu/c2*1-5-13-21(14-6-1)25(22-15-7-2-8-16-22,23-17-9-3-10-18-23)24-19-11-4-12-20-24;2*1-4-10-16(11-5-1)19(17-12-6-2-7-13-17)18-14-8-3-9-15-18;2*1-13(2)7-10-16(11-8-14(3)4)12-9-15(5)6;;/h2*1-20H;2*1-15H;2*7-12H2,1-6H3;;/q2*-1;;;;;2*+1/p+2. The van der Waals surface area contributed by atoms with Crippen LogP contribution in [0.3, 0.4) is 0 Å². The maximum absolute atomic E-state index is 2.54. The van der Waals surface area contributed by atoms with Crippen LogP contribution < -0.4 is 75.5 Å². The fraction of sp³-hybridized carbons (Fsp3) is 0.222. The Morgan fingerprint density at radius 2 is 0.246 bits per heavy atom. The van der Waals surface area contributed by atoms with Crippen molar-refractivity contribution in [1.29, 1.82) is 0 Å². The summed E-state index contributed by atoms with van der Waals surface area (Å²) in [5.74, 6) is 0. The van der Waals surface area contributed by atoms with E-state index in [9.17, 15) is 0 Å². The Kier molecular flexibility index (Phi) is 45.7. The quantitative estimate of drug-likeness (QED) is 0.0304. The smallest absolute Gasteiger partial charge is 0.308 e. The Labute approximate surface area is 759 Å². The molecule has 0 atom stereocenters. The van der Waals surface area contributed by atoms with E-state index >= 15 is 0 Å². The zero-order valence-electron chi connectivity index (χ0n) is 74.2. The molecule has 0 aliphatic rings. The summed E-state index contributed by atoms with van der Waals surface area (Å²) in [6.45, 7) is 13.8. The molecule has 0 aliphatic carbocycles. The Hall–Kier alpha value is -9.21. The van der Waals surface area contributed by atoms with Gasteiger partial charge in [0.15, 0.2) is 0 Å². The van der Waals surface area contributed by atoms with Crippen molar-refractivity contribution in [2.75, 3.05) is 163 Å². The summed E-state index contributed by atoms with van der Waals surface area (Å²) in [7, 11) is 23.9. The second-order valence-corrected chi connectivity index (χ2v) is 37.4. The third-order valence-corrected chi connectivity index (χ3v) is 27.4. The van der Waals surface area contributed by atoms with E-state index in [1.54, 1.807) is 0 Å². The van der Waals surface area contributed by atoms with Gasteiger partial charge in [-0.3, -0.25) is 9.80 Å². The molecule has 0 amide bonds. The summed E-state index contributed by atoms with van der Waals surface area (Å²) in [5.41, 5.74) is 10.7. The van der Waals surface area contributed by atoms with E-state index in [4.69, 9.17) is 0 Å². The van der Waals surface area contributed by atoms with Gasteiger partial charge >= 0.3 is 34.1 Å². The molecule has 0 saturated heterocycles. The van der Waals surface area contributed by atoms with Crippen LogP contribution in [0.4, 0.5) is 0 Å². The minimum absolute atomic E-state index is 0. The van der Waals surface area contributed by atoms with Crippen molar-refractivity contribution in [3.8, 4) is 0 Å². The van der Waals surface area contributed by atoms with Crippen molar-refractivity contribution in [3.05, 3.63) is 425 Å². The number of nitrogens with zero attached hydrogens (tertiary/aromatic N) is 8. The molecule has 0 fully saturated rings. The van der Waals surface area contributed by atoms with Crippen molar-refractivity contribution in [3.63, 3.8) is 0 Å². The van der Waals surface area contributed by atoms with Crippen molar-refractivity contribution in [1.82, 2.24) is 39.2 Å². The molecule has 0 N–H and O–H groups in total. The van der Waals surface area contributed by atoms with E-state index in [1.807, 2.05) is 0 Å². The molecule has 14 aromatic rings.